The van der Waals surface area contributed by atoms with E-state index in [1.54, 1.807) is 6.26 Å². The highest BCUT2D eigenvalue weighted by atomic mass is 16.3. The summed E-state index contributed by atoms with van der Waals surface area (Å²) in [7, 11) is 0. The molecule has 2 N–H and O–H groups in total. The number of aryl methyl sites for hydroxylation is 2. The molecule has 0 unspecified atom stereocenters. The molecule has 72 valence electrons. The van der Waals surface area contributed by atoms with Crippen LogP contribution in [0.1, 0.15) is 11.5 Å². The number of aromatic nitrogens is 1. The fraction of sp³-hybridized carbons (Fsp3) is 0.182. The minimum absolute atomic E-state index is 0.666. The van der Waals surface area contributed by atoms with Crippen molar-refractivity contribution < 1.29 is 4.42 Å². The van der Waals surface area contributed by atoms with E-state index in [9.17, 15) is 0 Å². The first-order chi connectivity index (χ1) is 6.66. The molecule has 0 spiro atoms. The summed E-state index contributed by atoms with van der Waals surface area (Å²) in [6.07, 6.45) is 1.64. The van der Waals surface area contributed by atoms with Gasteiger partial charge in [0.25, 0.3) is 0 Å². The van der Waals surface area contributed by atoms with Gasteiger partial charge in [0.1, 0.15) is 12.0 Å². The van der Waals surface area contributed by atoms with Gasteiger partial charge in [-0.25, -0.2) is 4.98 Å². The lowest BCUT2D eigenvalue weighted by Gasteiger charge is -2.01. The number of rotatable bonds is 1. The number of anilines is 1. The second-order valence-electron chi connectivity index (χ2n) is 3.32. The van der Waals surface area contributed by atoms with Crippen LogP contribution in [-0.4, -0.2) is 4.98 Å². The molecule has 1 aromatic carbocycles. The lowest BCUT2D eigenvalue weighted by Crippen LogP contribution is -1.89. The molecule has 3 nitrogen and oxygen atoms in total. The maximum Gasteiger partial charge on any atom is 0.191 e. The monoisotopic (exact) mass is 188 g/mol. The van der Waals surface area contributed by atoms with Gasteiger partial charge in [-0.3, -0.25) is 0 Å². The van der Waals surface area contributed by atoms with Crippen molar-refractivity contribution in [1.82, 2.24) is 4.98 Å². The third-order valence-corrected chi connectivity index (χ3v) is 2.19. The van der Waals surface area contributed by atoms with Crippen molar-refractivity contribution in [3.8, 4) is 11.3 Å². The second kappa shape index (κ2) is 3.18. The number of oxazole rings is 1. The highest BCUT2D eigenvalue weighted by molar-refractivity contribution is 5.65. The van der Waals surface area contributed by atoms with Gasteiger partial charge >= 0.3 is 0 Å². The van der Waals surface area contributed by atoms with E-state index in [1.165, 1.54) is 0 Å². The normalized spacial score (nSPS) is 10.4. The Balaban J connectivity index is 2.47. The van der Waals surface area contributed by atoms with Crippen LogP contribution in [0.5, 0.6) is 0 Å². The first kappa shape index (κ1) is 8.81. The van der Waals surface area contributed by atoms with E-state index in [-0.39, 0.29) is 0 Å². The Morgan fingerprint density at radius 1 is 1.29 bits per heavy atom. The fourth-order valence-electron chi connectivity index (χ4n) is 1.30. The molecule has 2 aromatic rings. The first-order valence-electron chi connectivity index (χ1n) is 4.45. The summed E-state index contributed by atoms with van der Waals surface area (Å²) in [6, 6.07) is 5.88. The van der Waals surface area contributed by atoms with Gasteiger partial charge in [-0.1, -0.05) is 12.1 Å². The Hall–Kier alpha value is -1.77. The van der Waals surface area contributed by atoms with Crippen molar-refractivity contribution in [2.45, 2.75) is 13.8 Å². The minimum Gasteiger partial charge on any atom is -0.449 e. The van der Waals surface area contributed by atoms with Gasteiger partial charge in [-0.15, -0.1) is 0 Å². The Morgan fingerprint density at radius 3 is 2.64 bits per heavy atom. The van der Waals surface area contributed by atoms with Crippen LogP contribution in [0.15, 0.2) is 28.9 Å². The van der Waals surface area contributed by atoms with Crippen molar-refractivity contribution in [1.29, 1.82) is 0 Å². The van der Waals surface area contributed by atoms with Crippen molar-refractivity contribution >= 4 is 5.69 Å². The lowest BCUT2D eigenvalue weighted by molar-refractivity contribution is 0.521. The highest BCUT2D eigenvalue weighted by Crippen LogP contribution is 2.22. The summed E-state index contributed by atoms with van der Waals surface area (Å²) in [4.78, 5) is 4.23. The highest BCUT2D eigenvalue weighted by Gasteiger charge is 2.04. The van der Waals surface area contributed by atoms with Gasteiger partial charge in [0.15, 0.2) is 5.89 Å². The van der Waals surface area contributed by atoms with Crippen molar-refractivity contribution in [2.24, 2.45) is 0 Å². The topological polar surface area (TPSA) is 52.0 Å². The van der Waals surface area contributed by atoms with Crippen LogP contribution in [0.4, 0.5) is 5.69 Å². The molecular formula is C11H12N2O. The van der Waals surface area contributed by atoms with E-state index in [0.29, 0.717) is 5.89 Å². The SMILES string of the molecule is Cc1nc(-c2ccc(C)c(N)c2)co1. The molecule has 1 aromatic heterocycles. The van der Waals surface area contributed by atoms with E-state index in [0.717, 1.165) is 22.5 Å². The molecule has 0 saturated heterocycles. The largest absolute Gasteiger partial charge is 0.449 e. The van der Waals surface area contributed by atoms with E-state index < -0.39 is 0 Å². The molecule has 0 saturated carbocycles. The van der Waals surface area contributed by atoms with Gasteiger partial charge in [-0.05, 0) is 18.6 Å². The molecule has 0 amide bonds. The molecule has 0 aliphatic carbocycles. The van der Waals surface area contributed by atoms with E-state index >= 15 is 0 Å². The molecule has 2 rings (SSSR count). The third-order valence-electron chi connectivity index (χ3n) is 2.19. The molecule has 0 bridgehead atoms. The second-order valence-corrected chi connectivity index (χ2v) is 3.32. The maximum atomic E-state index is 5.81. The summed E-state index contributed by atoms with van der Waals surface area (Å²) in [5.41, 5.74) is 9.48. The van der Waals surface area contributed by atoms with E-state index in [4.69, 9.17) is 10.2 Å². The zero-order chi connectivity index (χ0) is 10.1. The van der Waals surface area contributed by atoms with Crippen LogP contribution in [0.2, 0.25) is 0 Å². The predicted molar refractivity (Wildman–Crippen MR) is 55.8 cm³/mol. The molecule has 0 atom stereocenters. The quantitative estimate of drug-likeness (QED) is 0.699. The number of nitrogens with two attached hydrogens (primary N) is 1. The molecule has 14 heavy (non-hydrogen) atoms. The van der Waals surface area contributed by atoms with Gasteiger partial charge in [0.2, 0.25) is 0 Å². The molecule has 0 radical (unpaired) electrons. The summed E-state index contributed by atoms with van der Waals surface area (Å²) in [5, 5.41) is 0. The number of nitrogens with zero attached hydrogens (tertiary/aromatic N) is 1. The zero-order valence-electron chi connectivity index (χ0n) is 8.24. The van der Waals surface area contributed by atoms with Gasteiger partial charge in [0, 0.05) is 18.2 Å². The Labute approximate surface area is 82.6 Å². The summed E-state index contributed by atoms with van der Waals surface area (Å²) < 4.78 is 5.14. The Kier molecular flexibility index (Phi) is 2.00. The van der Waals surface area contributed by atoms with Gasteiger partial charge in [-0.2, -0.15) is 0 Å². The summed E-state index contributed by atoms with van der Waals surface area (Å²) >= 11 is 0. The molecule has 3 heteroatoms. The smallest absolute Gasteiger partial charge is 0.191 e. The van der Waals surface area contributed by atoms with Crippen LogP contribution < -0.4 is 5.73 Å². The van der Waals surface area contributed by atoms with Crippen LogP contribution >= 0.6 is 0 Å². The first-order valence-corrected chi connectivity index (χ1v) is 4.45. The van der Waals surface area contributed by atoms with Crippen molar-refractivity contribution in [2.75, 3.05) is 5.73 Å². The fourth-order valence-corrected chi connectivity index (χ4v) is 1.30. The molecule has 1 heterocycles. The van der Waals surface area contributed by atoms with Crippen molar-refractivity contribution in [3.05, 3.63) is 35.9 Å². The predicted octanol–water partition coefficient (Wildman–Crippen LogP) is 2.54. The average Bonchev–Trinajstić information content (AvgIpc) is 2.57. The van der Waals surface area contributed by atoms with Gasteiger partial charge in [0.05, 0.1) is 0 Å². The van der Waals surface area contributed by atoms with E-state index in [2.05, 4.69) is 4.98 Å². The average molecular weight is 188 g/mol. The van der Waals surface area contributed by atoms with Crippen LogP contribution in [0.25, 0.3) is 11.3 Å². The Morgan fingerprint density at radius 2 is 2.07 bits per heavy atom. The maximum absolute atomic E-state index is 5.81. The summed E-state index contributed by atoms with van der Waals surface area (Å²) in [6.45, 7) is 3.80. The standard InChI is InChI=1S/C11H12N2O/c1-7-3-4-9(5-10(7)12)11-6-14-8(2)13-11/h3-6H,12H2,1-2H3. The minimum atomic E-state index is 0.666. The molecule has 0 fully saturated rings. The lowest BCUT2D eigenvalue weighted by atomic mass is 10.1. The Bertz CT molecular complexity index is 460. The van der Waals surface area contributed by atoms with Crippen LogP contribution in [0, 0.1) is 13.8 Å². The van der Waals surface area contributed by atoms with Crippen molar-refractivity contribution in [3.63, 3.8) is 0 Å². The number of hydrogen-bond acceptors (Lipinski definition) is 3. The molecule has 0 aliphatic heterocycles. The number of hydrogen-bond donors (Lipinski definition) is 1. The number of nitrogen functional groups attached to an aromatic ring is 1. The van der Waals surface area contributed by atoms with Crippen LogP contribution in [0.3, 0.4) is 0 Å². The molecule has 0 aliphatic rings. The van der Waals surface area contributed by atoms with E-state index in [1.807, 2.05) is 32.0 Å². The van der Waals surface area contributed by atoms with Crippen LogP contribution in [-0.2, 0) is 0 Å². The molecular weight excluding hydrogens is 176 g/mol. The number of benzene rings is 1. The third kappa shape index (κ3) is 1.48. The van der Waals surface area contributed by atoms with Gasteiger partial charge < -0.3 is 10.2 Å². The zero-order valence-corrected chi connectivity index (χ0v) is 8.24. The summed E-state index contributed by atoms with van der Waals surface area (Å²) in [5.74, 6) is 0.666.